The van der Waals surface area contributed by atoms with Crippen molar-refractivity contribution < 1.29 is 9.90 Å². The van der Waals surface area contributed by atoms with E-state index in [4.69, 9.17) is 5.11 Å². The van der Waals surface area contributed by atoms with E-state index in [0.717, 1.165) is 12.1 Å². The number of aryl methyl sites for hydroxylation is 1. The molecule has 0 aliphatic rings. The predicted molar refractivity (Wildman–Crippen MR) is 108 cm³/mol. The zero-order chi connectivity index (χ0) is 18.5. The average molecular weight is 349 g/mol. The fraction of sp³-hybridized carbons (Fsp3) is 0.682. The lowest BCUT2D eigenvalue weighted by atomic mass is 10.0. The first-order valence-corrected chi connectivity index (χ1v) is 10.1. The second-order valence-electron chi connectivity index (χ2n) is 7.84. The number of hydrogen-bond acceptors (Lipinski definition) is 1. The maximum Gasteiger partial charge on any atom is 0.359 e. The van der Waals surface area contributed by atoms with Crippen molar-refractivity contribution in [2.45, 2.75) is 77.6 Å². The van der Waals surface area contributed by atoms with Crippen LogP contribution in [0.2, 0.25) is 0 Å². The normalized spacial score (nSPS) is 11.6. The van der Waals surface area contributed by atoms with E-state index >= 15 is 0 Å². The third kappa shape index (κ3) is 9.64. The summed E-state index contributed by atoms with van der Waals surface area (Å²) in [7, 11) is 3.87. The van der Waals surface area contributed by atoms with Gasteiger partial charge in [-0.1, -0.05) is 76.8 Å². The quantitative estimate of drug-likeness (QED) is 0.341. The lowest BCUT2D eigenvalue weighted by Gasteiger charge is -2.27. The molecule has 0 aliphatic heterocycles. The number of hydrogen-bond donors (Lipinski definition) is 1. The van der Waals surface area contributed by atoms with Gasteiger partial charge >= 0.3 is 5.97 Å². The monoisotopic (exact) mass is 348 g/mol. The summed E-state index contributed by atoms with van der Waals surface area (Å²) in [6.07, 6.45) is 14.8. The van der Waals surface area contributed by atoms with Crippen LogP contribution in [0.5, 0.6) is 0 Å². The van der Waals surface area contributed by atoms with Gasteiger partial charge in [-0.2, -0.15) is 0 Å². The van der Waals surface area contributed by atoms with Gasteiger partial charge in [0.05, 0.1) is 14.1 Å². The highest BCUT2D eigenvalue weighted by atomic mass is 16.4. The Morgan fingerprint density at radius 2 is 1.32 bits per heavy atom. The van der Waals surface area contributed by atoms with Crippen LogP contribution in [-0.4, -0.2) is 31.7 Å². The van der Waals surface area contributed by atoms with Crippen LogP contribution < -0.4 is 4.48 Å². The first kappa shape index (κ1) is 21.7. The molecule has 0 unspecified atom stereocenters. The molecular formula is C22H38NO2+. The second kappa shape index (κ2) is 12.1. The standard InChI is InChI=1S/C22H37NO2/c1-4-5-6-7-8-9-10-11-12-13-14-20-15-17-21(18-16-20)23(2,3)19-22(24)25/h15-18H,4-14,19H2,1-3H3/p+1. The van der Waals surface area contributed by atoms with E-state index in [2.05, 4.69) is 31.2 Å². The Kier molecular flexibility index (Phi) is 10.5. The summed E-state index contributed by atoms with van der Waals surface area (Å²) in [5.74, 6) is -0.764. The molecule has 0 spiro atoms. The highest BCUT2D eigenvalue weighted by Crippen LogP contribution is 2.20. The largest absolute Gasteiger partial charge is 0.477 e. The summed E-state index contributed by atoms with van der Waals surface area (Å²) in [5.41, 5.74) is 2.41. The van der Waals surface area contributed by atoms with Gasteiger partial charge in [0.2, 0.25) is 0 Å². The first-order valence-electron chi connectivity index (χ1n) is 10.1. The summed E-state index contributed by atoms with van der Waals surface area (Å²) in [4.78, 5) is 11.0. The van der Waals surface area contributed by atoms with Crippen LogP contribution in [0.4, 0.5) is 5.69 Å². The molecule has 0 heterocycles. The van der Waals surface area contributed by atoms with E-state index in [9.17, 15) is 4.79 Å². The Morgan fingerprint density at radius 3 is 1.80 bits per heavy atom. The molecule has 3 nitrogen and oxygen atoms in total. The lowest BCUT2D eigenvalue weighted by Crippen LogP contribution is -2.44. The number of benzene rings is 1. The molecule has 1 aromatic carbocycles. The molecule has 0 aliphatic carbocycles. The number of carbonyl (C=O) groups is 1. The molecule has 0 atom stereocenters. The number of carboxylic acid groups (broad SMARTS) is 1. The summed E-state index contributed by atoms with van der Waals surface area (Å²) >= 11 is 0. The van der Waals surface area contributed by atoms with Gasteiger partial charge in [0.25, 0.3) is 0 Å². The number of nitrogens with zero attached hydrogens (tertiary/aromatic N) is 1. The fourth-order valence-electron chi connectivity index (χ4n) is 3.31. The van der Waals surface area contributed by atoms with Crippen LogP contribution >= 0.6 is 0 Å². The molecule has 0 amide bonds. The molecular weight excluding hydrogens is 310 g/mol. The molecule has 1 aromatic rings. The van der Waals surface area contributed by atoms with E-state index in [-0.39, 0.29) is 6.54 Å². The van der Waals surface area contributed by atoms with E-state index in [1.54, 1.807) is 0 Å². The van der Waals surface area contributed by atoms with Gasteiger partial charge in [0.1, 0.15) is 5.69 Å². The third-order valence-electron chi connectivity index (χ3n) is 4.98. The molecule has 0 aromatic heterocycles. The first-order chi connectivity index (χ1) is 12.0. The zero-order valence-electron chi connectivity index (χ0n) is 16.6. The highest BCUT2D eigenvalue weighted by Gasteiger charge is 2.22. The molecule has 1 rings (SSSR count). The maximum absolute atomic E-state index is 11.0. The second-order valence-corrected chi connectivity index (χ2v) is 7.84. The van der Waals surface area contributed by atoms with Crippen molar-refractivity contribution >= 4 is 11.7 Å². The van der Waals surface area contributed by atoms with Gasteiger partial charge in [-0.15, -0.1) is 0 Å². The topological polar surface area (TPSA) is 37.3 Å². The van der Waals surface area contributed by atoms with E-state index < -0.39 is 5.97 Å². The van der Waals surface area contributed by atoms with E-state index in [0.29, 0.717) is 4.48 Å². The summed E-state index contributed by atoms with van der Waals surface area (Å²) in [6, 6.07) is 8.47. The Balaban J connectivity index is 2.17. The maximum atomic E-state index is 11.0. The Bertz CT molecular complexity index is 479. The van der Waals surface area contributed by atoms with Crippen LogP contribution in [0.1, 0.15) is 76.7 Å². The number of quaternary nitrogens is 1. The summed E-state index contributed by atoms with van der Waals surface area (Å²) < 4.78 is 0.383. The predicted octanol–water partition coefficient (Wildman–Crippen LogP) is 5.80. The Labute approximate surface area is 154 Å². The number of aliphatic carboxylic acids is 1. The van der Waals surface area contributed by atoms with Crippen LogP contribution in [0.25, 0.3) is 0 Å². The number of likely N-dealkylation sites (N-methyl/N-ethyl adjacent to an activating group) is 1. The van der Waals surface area contributed by atoms with Crippen molar-refractivity contribution in [1.82, 2.24) is 4.48 Å². The van der Waals surface area contributed by atoms with Crippen LogP contribution in [-0.2, 0) is 11.2 Å². The van der Waals surface area contributed by atoms with Crippen LogP contribution in [0, 0.1) is 0 Å². The fourth-order valence-corrected chi connectivity index (χ4v) is 3.31. The molecule has 0 bridgehead atoms. The van der Waals surface area contributed by atoms with E-state index in [1.165, 1.54) is 69.8 Å². The molecule has 1 N–H and O–H groups in total. The third-order valence-corrected chi connectivity index (χ3v) is 4.98. The molecule has 25 heavy (non-hydrogen) atoms. The van der Waals surface area contributed by atoms with Crippen molar-refractivity contribution in [2.24, 2.45) is 0 Å². The molecule has 0 fully saturated rings. The molecule has 0 saturated heterocycles. The number of rotatable bonds is 14. The van der Waals surface area contributed by atoms with Crippen LogP contribution in [0.3, 0.4) is 0 Å². The van der Waals surface area contributed by atoms with Gasteiger partial charge in [-0.3, -0.25) is 4.48 Å². The number of carboxylic acids is 1. The Morgan fingerprint density at radius 1 is 0.840 bits per heavy atom. The minimum atomic E-state index is -0.764. The smallest absolute Gasteiger partial charge is 0.359 e. The zero-order valence-corrected chi connectivity index (χ0v) is 16.6. The van der Waals surface area contributed by atoms with Gasteiger partial charge in [-0.25, -0.2) is 4.79 Å². The van der Waals surface area contributed by atoms with Gasteiger partial charge in [0, 0.05) is 0 Å². The number of unbranched alkanes of at least 4 members (excludes halogenated alkanes) is 9. The minimum absolute atomic E-state index is 0.109. The van der Waals surface area contributed by atoms with E-state index in [1.807, 2.05) is 14.1 Å². The molecule has 0 saturated carbocycles. The van der Waals surface area contributed by atoms with Crippen molar-refractivity contribution in [3.63, 3.8) is 0 Å². The summed E-state index contributed by atoms with van der Waals surface area (Å²) in [5, 5.41) is 9.01. The van der Waals surface area contributed by atoms with Crippen LogP contribution in [0.15, 0.2) is 24.3 Å². The minimum Gasteiger partial charge on any atom is -0.477 e. The van der Waals surface area contributed by atoms with Crippen molar-refractivity contribution in [3.8, 4) is 0 Å². The highest BCUT2D eigenvalue weighted by molar-refractivity contribution is 5.71. The van der Waals surface area contributed by atoms with Gasteiger partial charge in [0.15, 0.2) is 6.54 Å². The lowest BCUT2D eigenvalue weighted by molar-refractivity contribution is -0.137. The Hall–Kier alpha value is -1.35. The molecule has 3 heteroatoms. The average Bonchev–Trinajstić information content (AvgIpc) is 2.56. The molecule has 0 radical (unpaired) electrons. The SMILES string of the molecule is CCCCCCCCCCCCc1ccc([N+](C)(C)CC(=O)O)cc1. The van der Waals surface area contributed by atoms with Crippen molar-refractivity contribution in [1.29, 1.82) is 0 Å². The van der Waals surface area contributed by atoms with Crippen molar-refractivity contribution in [2.75, 3.05) is 20.6 Å². The van der Waals surface area contributed by atoms with Gasteiger partial charge < -0.3 is 5.11 Å². The van der Waals surface area contributed by atoms with Gasteiger partial charge in [-0.05, 0) is 30.5 Å². The van der Waals surface area contributed by atoms with Crippen molar-refractivity contribution in [3.05, 3.63) is 29.8 Å². The summed E-state index contributed by atoms with van der Waals surface area (Å²) in [6.45, 7) is 2.38. The molecule has 142 valence electrons.